The van der Waals surface area contributed by atoms with Crippen molar-refractivity contribution in [2.24, 2.45) is 0 Å². The van der Waals surface area contributed by atoms with Gasteiger partial charge in [0.2, 0.25) is 5.82 Å². The zero-order chi connectivity index (χ0) is 17.6. The average Bonchev–Trinajstić information content (AvgIpc) is 3.12. The summed E-state index contributed by atoms with van der Waals surface area (Å²) in [4.78, 5) is 27.5. The fourth-order valence-electron chi connectivity index (χ4n) is 2.21. The lowest BCUT2D eigenvalue weighted by molar-refractivity contribution is -0.128. The van der Waals surface area contributed by atoms with E-state index in [1.54, 1.807) is 4.68 Å². The maximum absolute atomic E-state index is 12.2. The van der Waals surface area contributed by atoms with Crippen molar-refractivity contribution in [1.29, 1.82) is 0 Å². The first-order chi connectivity index (χ1) is 12.2. The molecule has 0 saturated heterocycles. The molecule has 0 radical (unpaired) electrons. The first-order valence-corrected chi connectivity index (χ1v) is 7.48. The lowest BCUT2D eigenvalue weighted by Crippen LogP contribution is -2.35. The Morgan fingerprint density at radius 3 is 2.28 bits per heavy atom. The van der Waals surface area contributed by atoms with E-state index in [0.29, 0.717) is 5.82 Å². The summed E-state index contributed by atoms with van der Waals surface area (Å²) in [5.41, 5.74) is 2.99. The third-order valence-corrected chi connectivity index (χ3v) is 3.38. The summed E-state index contributed by atoms with van der Waals surface area (Å²) in [6.07, 6.45) is 0. The number of hydroxylamine groups is 1. The molecular weight excluding hydrogens is 322 g/mol. The predicted octanol–water partition coefficient (Wildman–Crippen LogP) is 1.17. The first-order valence-electron chi connectivity index (χ1n) is 7.48. The molecular formula is C17H15N5O3. The predicted molar refractivity (Wildman–Crippen MR) is 89.1 cm³/mol. The Hall–Kier alpha value is -3.52. The Balaban J connectivity index is 1.98. The third-order valence-electron chi connectivity index (χ3n) is 3.38. The van der Waals surface area contributed by atoms with Crippen LogP contribution in [0, 0.1) is 0 Å². The van der Waals surface area contributed by atoms with Crippen molar-refractivity contribution in [3.63, 3.8) is 0 Å². The minimum Gasteiger partial charge on any atom is -0.340 e. The number of nitrogens with zero attached hydrogens (tertiary/aromatic N) is 3. The highest BCUT2D eigenvalue weighted by molar-refractivity contribution is 5.93. The number of para-hydroxylation sites is 1. The topological polar surface area (TPSA) is 109 Å². The molecule has 2 aromatic carbocycles. The lowest BCUT2D eigenvalue weighted by Gasteiger charge is -2.05. The Morgan fingerprint density at radius 1 is 1.00 bits per heavy atom. The molecule has 0 unspecified atom stereocenters. The van der Waals surface area contributed by atoms with Crippen molar-refractivity contribution in [1.82, 2.24) is 25.6 Å². The lowest BCUT2D eigenvalue weighted by atomic mass is 10.2. The van der Waals surface area contributed by atoms with E-state index in [9.17, 15) is 9.59 Å². The van der Waals surface area contributed by atoms with Gasteiger partial charge in [-0.2, -0.15) is 0 Å². The van der Waals surface area contributed by atoms with E-state index in [0.717, 1.165) is 11.3 Å². The number of carbonyl (C=O) groups is 2. The van der Waals surface area contributed by atoms with Crippen LogP contribution in [0.3, 0.4) is 0 Å². The summed E-state index contributed by atoms with van der Waals surface area (Å²) in [5.74, 6) is -0.924. The minimum absolute atomic E-state index is 0.0755. The second kappa shape index (κ2) is 7.37. The number of nitrogens with one attached hydrogen (secondary N) is 2. The molecule has 2 amide bonds. The molecule has 8 heteroatoms. The van der Waals surface area contributed by atoms with Crippen LogP contribution in [-0.4, -0.2) is 38.3 Å². The number of carbonyl (C=O) groups excluding carboxylic acids is 2. The van der Waals surface area contributed by atoms with Crippen LogP contribution in [0.4, 0.5) is 0 Å². The molecule has 3 aromatic rings. The molecule has 0 aliphatic heterocycles. The zero-order valence-corrected chi connectivity index (χ0v) is 13.1. The summed E-state index contributed by atoms with van der Waals surface area (Å²) >= 11 is 0. The normalized spacial score (nSPS) is 10.3. The van der Waals surface area contributed by atoms with Crippen molar-refractivity contribution >= 4 is 11.8 Å². The van der Waals surface area contributed by atoms with E-state index >= 15 is 0 Å². The number of hydrogen-bond donors (Lipinski definition) is 3. The van der Waals surface area contributed by atoms with E-state index in [1.807, 2.05) is 60.7 Å². The maximum atomic E-state index is 12.2. The van der Waals surface area contributed by atoms with Crippen LogP contribution in [0.15, 0.2) is 60.7 Å². The second-order valence-corrected chi connectivity index (χ2v) is 5.09. The van der Waals surface area contributed by atoms with Gasteiger partial charge in [-0.25, -0.2) is 15.1 Å². The number of amides is 2. The maximum Gasteiger partial charge on any atom is 0.291 e. The van der Waals surface area contributed by atoms with Gasteiger partial charge in [-0.1, -0.05) is 48.5 Å². The van der Waals surface area contributed by atoms with E-state index in [2.05, 4.69) is 15.4 Å². The van der Waals surface area contributed by atoms with Gasteiger partial charge in [-0.05, 0) is 12.1 Å². The van der Waals surface area contributed by atoms with Crippen molar-refractivity contribution < 1.29 is 14.8 Å². The van der Waals surface area contributed by atoms with E-state index < -0.39 is 11.8 Å². The van der Waals surface area contributed by atoms with Crippen LogP contribution < -0.4 is 10.8 Å². The minimum atomic E-state index is -0.737. The van der Waals surface area contributed by atoms with Crippen LogP contribution in [0.25, 0.3) is 17.1 Å². The second-order valence-electron chi connectivity index (χ2n) is 5.09. The zero-order valence-electron chi connectivity index (χ0n) is 13.1. The number of aromatic nitrogens is 3. The molecule has 0 aliphatic carbocycles. The fraction of sp³-hybridized carbons (Fsp3) is 0.0588. The SMILES string of the molecule is O=C(CNC(=O)c1nc(-c2ccccc2)n(-c2ccccc2)n1)NO. The highest BCUT2D eigenvalue weighted by Crippen LogP contribution is 2.20. The molecule has 1 heterocycles. The van der Waals surface area contributed by atoms with Crippen LogP contribution in [-0.2, 0) is 4.79 Å². The summed E-state index contributed by atoms with van der Waals surface area (Å²) in [6, 6.07) is 18.6. The molecule has 0 spiro atoms. The van der Waals surface area contributed by atoms with Crippen molar-refractivity contribution in [3.8, 4) is 17.1 Å². The third kappa shape index (κ3) is 3.70. The van der Waals surface area contributed by atoms with E-state index in [4.69, 9.17) is 5.21 Å². The quantitative estimate of drug-likeness (QED) is 0.478. The first kappa shape index (κ1) is 16.3. The van der Waals surface area contributed by atoms with Gasteiger partial charge in [0.15, 0.2) is 5.82 Å². The van der Waals surface area contributed by atoms with Gasteiger partial charge >= 0.3 is 0 Å². The molecule has 1 aromatic heterocycles. The van der Waals surface area contributed by atoms with E-state index in [-0.39, 0.29) is 12.4 Å². The van der Waals surface area contributed by atoms with Gasteiger partial charge in [0.25, 0.3) is 11.8 Å². The van der Waals surface area contributed by atoms with Gasteiger partial charge in [0, 0.05) is 5.56 Å². The monoisotopic (exact) mass is 337 g/mol. The van der Waals surface area contributed by atoms with Gasteiger partial charge in [0.05, 0.1) is 12.2 Å². The van der Waals surface area contributed by atoms with Crippen molar-refractivity contribution in [2.45, 2.75) is 0 Å². The highest BCUT2D eigenvalue weighted by Gasteiger charge is 2.19. The summed E-state index contributed by atoms with van der Waals surface area (Å²) in [6.45, 7) is -0.379. The van der Waals surface area contributed by atoms with Crippen LogP contribution in [0.2, 0.25) is 0 Å². The molecule has 0 atom stereocenters. The summed E-state index contributed by atoms with van der Waals surface area (Å²) in [7, 11) is 0. The van der Waals surface area contributed by atoms with Gasteiger partial charge < -0.3 is 5.32 Å². The van der Waals surface area contributed by atoms with Gasteiger partial charge in [0.1, 0.15) is 0 Å². The number of hydrogen-bond acceptors (Lipinski definition) is 5. The van der Waals surface area contributed by atoms with Crippen LogP contribution in [0.1, 0.15) is 10.6 Å². The van der Waals surface area contributed by atoms with Crippen LogP contribution >= 0.6 is 0 Å². The smallest absolute Gasteiger partial charge is 0.291 e. The highest BCUT2D eigenvalue weighted by atomic mass is 16.5. The fourth-order valence-corrected chi connectivity index (χ4v) is 2.21. The van der Waals surface area contributed by atoms with Gasteiger partial charge in [-0.3, -0.25) is 14.8 Å². The molecule has 0 saturated carbocycles. The molecule has 25 heavy (non-hydrogen) atoms. The van der Waals surface area contributed by atoms with E-state index in [1.165, 1.54) is 5.48 Å². The number of benzene rings is 2. The Bertz CT molecular complexity index is 821. The Kier molecular flexibility index (Phi) is 4.82. The molecule has 126 valence electrons. The summed E-state index contributed by atoms with van der Waals surface area (Å²) in [5, 5.41) is 15.1. The largest absolute Gasteiger partial charge is 0.340 e. The molecule has 3 N–H and O–H groups in total. The Morgan fingerprint density at radius 2 is 1.64 bits per heavy atom. The molecule has 8 nitrogen and oxygen atoms in total. The standard InChI is InChI=1S/C17H15N5O3/c23-14(21-25)11-18-17(24)15-19-16(12-7-3-1-4-8-12)22(20-15)13-9-5-2-6-10-13/h1-10,25H,11H2,(H,18,24)(H,21,23). The molecule has 3 rings (SSSR count). The average molecular weight is 337 g/mol. The van der Waals surface area contributed by atoms with Crippen LogP contribution in [0.5, 0.6) is 0 Å². The van der Waals surface area contributed by atoms with Crippen molar-refractivity contribution in [2.75, 3.05) is 6.54 Å². The molecule has 0 bridgehead atoms. The van der Waals surface area contributed by atoms with Crippen molar-refractivity contribution in [3.05, 3.63) is 66.5 Å². The Labute approximate surface area is 143 Å². The van der Waals surface area contributed by atoms with Gasteiger partial charge in [-0.15, -0.1) is 5.10 Å². The molecule has 0 aliphatic rings. The summed E-state index contributed by atoms with van der Waals surface area (Å²) < 4.78 is 1.57. The number of rotatable bonds is 5. The molecule has 0 fully saturated rings.